The first-order valence-electron chi connectivity index (χ1n) is 10.3. The summed E-state index contributed by atoms with van der Waals surface area (Å²) in [6.07, 6.45) is 7.33. The molecule has 2 fully saturated rings. The number of hydrogen-bond acceptors (Lipinski definition) is 7. The van der Waals surface area contributed by atoms with Crippen molar-refractivity contribution in [3.63, 3.8) is 0 Å². The Balaban J connectivity index is 1.30. The highest BCUT2D eigenvalue weighted by molar-refractivity contribution is 5.80. The quantitative estimate of drug-likeness (QED) is 0.664. The number of nitrogens with one attached hydrogen (secondary N) is 1. The number of piperidine rings is 1. The molecule has 1 aromatic carbocycles. The lowest BCUT2D eigenvalue weighted by Crippen LogP contribution is -2.39. The van der Waals surface area contributed by atoms with Crippen molar-refractivity contribution in [1.29, 1.82) is 0 Å². The average Bonchev–Trinajstić information content (AvgIpc) is 3.59. The molecule has 0 unspecified atom stereocenters. The lowest BCUT2D eigenvalue weighted by atomic mass is 10.1. The number of pyridine rings is 1. The number of rotatable bonds is 6. The van der Waals surface area contributed by atoms with Gasteiger partial charge in [0.15, 0.2) is 23.2 Å². The van der Waals surface area contributed by atoms with Crippen molar-refractivity contribution in [3.8, 4) is 11.5 Å². The molecule has 5 rings (SSSR count). The van der Waals surface area contributed by atoms with Crippen LogP contribution in [0.2, 0.25) is 0 Å². The molecule has 2 aromatic heterocycles. The fraction of sp³-hybridized carbons (Fsp3) is 0.409. The molecule has 0 spiro atoms. The summed E-state index contributed by atoms with van der Waals surface area (Å²) in [5, 5.41) is 3.51. The van der Waals surface area contributed by atoms with E-state index in [1.807, 2.05) is 6.07 Å². The largest absolute Gasteiger partial charge is 0.497 e. The van der Waals surface area contributed by atoms with Crippen molar-refractivity contribution >= 4 is 22.7 Å². The summed E-state index contributed by atoms with van der Waals surface area (Å²) in [6.45, 7) is 1.54. The van der Waals surface area contributed by atoms with Crippen LogP contribution in [0.5, 0.6) is 11.5 Å². The van der Waals surface area contributed by atoms with Gasteiger partial charge in [0.2, 0.25) is 0 Å². The number of aromatic nitrogens is 3. The Hall–Kier alpha value is -3.16. The fourth-order valence-corrected chi connectivity index (χ4v) is 3.70. The third-order valence-electron chi connectivity index (χ3n) is 5.54. The zero-order valence-electron chi connectivity index (χ0n) is 16.8. The van der Waals surface area contributed by atoms with Crippen LogP contribution in [-0.2, 0) is 0 Å². The van der Waals surface area contributed by atoms with Crippen LogP contribution in [0.1, 0.15) is 25.7 Å². The zero-order valence-corrected chi connectivity index (χ0v) is 16.8. The van der Waals surface area contributed by atoms with Gasteiger partial charge in [0, 0.05) is 44.2 Å². The number of fused-ring (bicyclic) bond motifs is 1. The molecular formula is C22H24FN5O2. The highest BCUT2D eigenvalue weighted by Crippen LogP contribution is 2.33. The summed E-state index contributed by atoms with van der Waals surface area (Å²) in [4.78, 5) is 16.0. The Morgan fingerprint density at radius 1 is 1.07 bits per heavy atom. The van der Waals surface area contributed by atoms with Gasteiger partial charge in [-0.25, -0.2) is 14.4 Å². The minimum Gasteiger partial charge on any atom is -0.497 e. The molecule has 3 aromatic rings. The number of anilines is 2. The molecule has 8 heteroatoms. The van der Waals surface area contributed by atoms with Crippen molar-refractivity contribution in [2.75, 3.05) is 30.4 Å². The van der Waals surface area contributed by atoms with E-state index >= 15 is 0 Å². The van der Waals surface area contributed by atoms with E-state index in [-0.39, 0.29) is 11.9 Å². The van der Waals surface area contributed by atoms with E-state index in [4.69, 9.17) is 19.4 Å². The van der Waals surface area contributed by atoms with Gasteiger partial charge in [-0.2, -0.15) is 0 Å². The highest BCUT2D eigenvalue weighted by Gasteiger charge is 2.28. The maximum atomic E-state index is 14.2. The van der Waals surface area contributed by atoms with Gasteiger partial charge in [-0.15, -0.1) is 0 Å². The standard InChI is InChI=1S/C22H24FN5O2/c1-29-16-4-5-20(17(23)12-16)30-15-7-10-28(11-8-15)22-21(25-14-2-3-14)26-19-13-24-9-6-18(19)27-22/h4-6,9,12-15H,2-3,7-8,10-11H2,1H3,(H,25,26). The summed E-state index contributed by atoms with van der Waals surface area (Å²) in [5.74, 6) is 2.04. The molecule has 1 saturated heterocycles. The molecule has 7 nitrogen and oxygen atoms in total. The number of nitrogens with zero attached hydrogens (tertiary/aromatic N) is 4. The van der Waals surface area contributed by atoms with E-state index in [0.29, 0.717) is 11.8 Å². The van der Waals surface area contributed by atoms with Gasteiger partial charge >= 0.3 is 0 Å². The Kier molecular flexibility index (Phi) is 4.98. The second kappa shape index (κ2) is 7.93. The molecule has 1 aliphatic heterocycles. The van der Waals surface area contributed by atoms with Crippen LogP contribution in [0.15, 0.2) is 36.7 Å². The molecule has 0 atom stereocenters. The van der Waals surface area contributed by atoms with Gasteiger partial charge in [-0.1, -0.05) is 0 Å². The summed E-state index contributed by atoms with van der Waals surface area (Å²) >= 11 is 0. The molecule has 0 radical (unpaired) electrons. The van der Waals surface area contributed by atoms with Gasteiger partial charge in [0.1, 0.15) is 17.4 Å². The molecule has 30 heavy (non-hydrogen) atoms. The van der Waals surface area contributed by atoms with Crippen LogP contribution in [0.25, 0.3) is 11.0 Å². The van der Waals surface area contributed by atoms with Crippen molar-refractivity contribution in [3.05, 3.63) is 42.5 Å². The van der Waals surface area contributed by atoms with E-state index in [1.54, 1.807) is 24.5 Å². The third kappa shape index (κ3) is 3.94. The predicted molar refractivity (Wildman–Crippen MR) is 113 cm³/mol. The number of halogens is 1. The lowest BCUT2D eigenvalue weighted by molar-refractivity contribution is 0.163. The summed E-state index contributed by atoms with van der Waals surface area (Å²) in [6, 6.07) is 7.05. The van der Waals surface area contributed by atoms with E-state index in [0.717, 1.165) is 61.4 Å². The first kappa shape index (κ1) is 18.8. The molecule has 156 valence electrons. The maximum Gasteiger partial charge on any atom is 0.172 e. The van der Waals surface area contributed by atoms with Crippen molar-refractivity contribution in [2.24, 2.45) is 0 Å². The zero-order chi connectivity index (χ0) is 20.5. The molecule has 0 bridgehead atoms. The smallest absolute Gasteiger partial charge is 0.172 e. The molecule has 1 saturated carbocycles. The Morgan fingerprint density at radius 2 is 1.90 bits per heavy atom. The molecule has 1 aliphatic carbocycles. The fourth-order valence-electron chi connectivity index (χ4n) is 3.70. The van der Waals surface area contributed by atoms with Crippen LogP contribution in [-0.4, -0.2) is 47.3 Å². The van der Waals surface area contributed by atoms with Crippen molar-refractivity contribution < 1.29 is 13.9 Å². The minimum atomic E-state index is -0.401. The van der Waals surface area contributed by atoms with Gasteiger partial charge < -0.3 is 19.7 Å². The van der Waals surface area contributed by atoms with E-state index < -0.39 is 5.82 Å². The van der Waals surface area contributed by atoms with Crippen molar-refractivity contribution in [2.45, 2.75) is 37.8 Å². The van der Waals surface area contributed by atoms with E-state index in [2.05, 4.69) is 15.2 Å². The number of ether oxygens (including phenoxy) is 2. The molecular weight excluding hydrogens is 385 g/mol. The molecule has 1 N–H and O–H groups in total. The van der Waals surface area contributed by atoms with E-state index in [1.165, 1.54) is 13.2 Å². The van der Waals surface area contributed by atoms with Gasteiger partial charge in [-0.3, -0.25) is 4.98 Å². The highest BCUT2D eigenvalue weighted by atomic mass is 19.1. The number of methoxy groups -OCH3 is 1. The predicted octanol–water partition coefficient (Wildman–Crippen LogP) is 3.79. The van der Waals surface area contributed by atoms with E-state index in [9.17, 15) is 4.39 Å². The second-order valence-electron chi connectivity index (χ2n) is 7.78. The number of hydrogen-bond donors (Lipinski definition) is 1. The van der Waals surface area contributed by atoms with Crippen LogP contribution >= 0.6 is 0 Å². The first-order valence-corrected chi connectivity index (χ1v) is 10.3. The Bertz CT molecular complexity index is 1050. The Morgan fingerprint density at radius 3 is 2.63 bits per heavy atom. The van der Waals surface area contributed by atoms with Crippen LogP contribution in [0, 0.1) is 5.82 Å². The van der Waals surface area contributed by atoms with Crippen LogP contribution in [0.4, 0.5) is 16.0 Å². The van der Waals surface area contributed by atoms with Gasteiger partial charge in [0.25, 0.3) is 0 Å². The SMILES string of the molecule is COc1ccc(OC2CCN(c3nc4ccncc4nc3NC3CC3)CC2)c(F)c1. The third-order valence-corrected chi connectivity index (χ3v) is 5.54. The molecule has 0 amide bonds. The maximum absolute atomic E-state index is 14.2. The topological polar surface area (TPSA) is 72.4 Å². The monoisotopic (exact) mass is 409 g/mol. The summed E-state index contributed by atoms with van der Waals surface area (Å²) in [7, 11) is 1.52. The summed E-state index contributed by atoms with van der Waals surface area (Å²) in [5.41, 5.74) is 1.62. The molecule has 2 aliphatic rings. The summed E-state index contributed by atoms with van der Waals surface area (Å²) < 4.78 is 25.2. The Labute approximate surface area is 174 Å². The average molecular weight is 409 g/mol. The number of benzene rings is 1. The van der Waals surface area contributed by atoms with Crippen molar-refractivity contribution in [1.82, 2.24) is 15.0 Å². The minimum absolute atomic E-state index is 0.0402. The lowest BCUT2D eigenvalue weighted by Gasteiger charge is -2.33. The van der Waals surface area contributed by atoms with Crippen LogP contribution < -0.4 is 19.7 Å². The first-order chi connectivity index (χ1) is 14.7. The van der Waals surface area contributed by atoms with Crippen LogP contribution in [0.3, 0.4) is 0 Å². The normalized spacial score (nSPS) is 17.2. The van der Waals surface area contributed by atoms with Gasteiger partial charge in [-0.05, 0) is 31.0 Å². The molecule has 3 heterocycles. The second-order valence-corrected chi connectivity index (χ2v) is 7.78. The van der Waals surface area contributed by atoms with Gasteiger partial charge in [0.05, 0.1) is 18.8 Å².